The number of hydrogen-bond acceptors (Lipinski definition) is 2. The number of likely N-dealkylation sites (tertiary alicyclic amines) is 1. The Morgan fingerprint density at radius 2 is 2.21 bits per heavy atom. The summed E-state index contributed by atoms with van der Waals surface area (Å²) in [4.78, 5) is 2.00. The molecular weight excluding hydrogens is 174 g/mol. The normalized spacial score (nSPS) is 31.9. The molecule has 0 aromatic rings. The summed E-state index contributed by atoms with van der Waals surface area (Å²) >= 11 is 0. The van der Waals surface area contributed by atoms with Crippen molar-refractivity contribution < 1.29 is 5.11 Å². The zero-order valence-electron chi connectivity index (χ0n) is 8.98. The first-order chi connectivity index (χ1) is 6.61. The zero-order valence-corrected chi connectivity index (χ0v) is 8.98. The lowest BCUT2D eigenvalue weighted by Crippen LogP contribution is -2.29. The molecule has 0 aliphatic carbocycles. The van der Waals surface area contributed by atoms with Crippen molar-refractivity contribution >= 4 is 0 Å². The van der Waals surface area contributed by atoms with Gasteiger partial charge in [-0.2, -0.15) is 0 Å². The van der Waals surface area contributed by atoms with Gasteiger partial charge in [0.1, 0.15) is 6.23 Å². The predicted molar refractivity (Wildman–Crippen MR) is 59.5 cm³/mol. The minimum absolute atomic E-state index is 0.417. The summed E-state index contributed by atoms with van der Waals surface area (Å²) in [6.07, 6.45) is 5.27. The van der Waals surface area contributed by atoms with E-state index in [4.69, 9.17) is 0 Å². The number of rotatable bonds is 3. The fourth-order valence-corrected chi connectivity index (χ4v) is 1.99. The lowest BCUT2D eigenvalue weighted by molar-refractivity contribution is 0.0534. The first-order valence-corrected chi connectivity index (χ1v) is 5.01. The van der Waals surface area contributed by atoms with Crippen LogP contribution < -0.4 is 0 Å². The third-order valence-corrected chi connectivity index (χ3v) is 2.89. The molecule has 1 rings (SSSR count). The molecule has 1 aliphatic rings. The van der Waals surface area contributed by atoms with Gasteiger partial charge in [0.2, 0.25) is 0 Å². The van der Waals surface area contributed by atoms with E-state index in [0.29, 0.717) is 11.8 Å². The maximum Gasteiger partial charge on any atom is 0.123 e. The standard InChI is InChI=1S/C12H19NO/c1-5-7-12-9(3)11(6-2)8-13(12)10(4)14/h5-7,9-11,14H,1-2,8H2,3-4H3/b12-7+. The van der Waals surface area contributed by atoms with Gasteiger partial charge in [-0.15, -0.1) is 6.58 Å². The van der Waals surface area contributed by atoms with Gasteiger partial charge in [0, 0.05) is 24.1 Å². The summed E-state index contributed by atoms with van der Waals surface area (Å²) in [6.45, 7) is 12.3. The Labute approximate surface area is 86.2 Å². The molecule has 3 atom stereocenters. The molecule has 0 saturated carbocycles. The maximum atomic E-state index is 9.60. The van der Waals surface area contributed by atoms with E-state index in [2.05, 4.69) is 20.1 Å². The van der Waals surface area contributed by atoms with E-state index in [-0.39, 0.29) is 0 Å². The summed E-state index contributed by atoms with van der Waals surface area (Å²) in [5.41, 5.74) is 1.15. The van der Waals surface area contributed by atoms with Crippen LogP contribution in [0.5, 0.6) is 0 Å². The van der Waals surface area contributed by atoms with Crippen LogP contribution in [0.25, 0.3) is 0 Å². The van der Waals surface area contributed by atoms with Crippen LogP contribution in [0.4, 0.5) is 0 Å². The molecule has 0 aromatic heterocycles. The Bertz CT molecular complexity index is 255. The van der Waals surface area contributed by atoms with Gasteiger partial charge in [-0.1, -0.05) is 25.7 Å². The van der Waals surface area contributed by atoms with Crippen LogP contribution >= 0.6 is 0 Å². The average Bonchev–Trinajstić information content (AvgIpc) is 2.45. The summed E-state index contributed by atoms with van der Waals surface area (Å²) in [5.74, 6) is 0.843. The SMILES string of the molecule is C=C/C=C1\C(C)C(C=C)CN1C(C)O. The van der Waals surface area contributed by atoms with E-state index in [9.17, 15) is 5.11 Å². The van der Waals surface area contributed by atoms with Gasteiger partial charge < -0.3 is 10.0 Å². The minimum Gasteiger partial charge on any atom is -0.374 e. The van der Waals surface area contributed by atoms with Gasteiger partial charge in [0.25, 0.3) is 0 Å². The van der Waals surface area contributed by atoms with Crippen molar-refractivity contribution in [2.45, 2.75) is 20.1 Å². The van der Waals surface area contributed by atoms with Crippen molar-refractivity contribution in [3.8, 4) is 0 Å². The molecule has 0 amide bonds. The second kappa shape index (κ2) is 4.47. The van der Waals surface area contributed by atoms with Crippen molar-refractivity contribution in [3.05, 3.63) is 37.1 Å². The molecule has 1 saturated heterocycles. The van der Waals surface area contributed by atoms with Gasteiger partial charge >= 0.3 is 0 Å². The van der Waals surface area contributed by atoms with Crippen LogP contribution in [0.15, 0.2) is 37.1 Å². The minimum atomic E-state index is -0.436. The molecule has 2 heteroatoms. The fraction of sp³-hybridized carbons (Fsp3) is 0.500. The molecule has 1 fully saturated rings. The van der Waals surface area contributed by atoms with Crippen LogP contribution in [0.3, 0.4) is 0 Å². The Morgan fingerprint density at radius 3 is 2.64 bits per heavy atom. The van der Waals surface area contributed by atoms with E-state index in [1.54, 1.807) is 13.0 Å². The van der Waals surface area contributed by atoms with Crippen molar-refractivity contribution in [3.63, 3.8) is 0 Å². The third kappa shape index (κ3) is 1.90. The van der Waals surface area contributed by atoms with E-state index >= 15 is 0 Å². The Balaban J connectivity index is 2.92. The van der Waals surface area contributed by atoms with Crippen LogP contribution in [-0.2, 0) is 0 Å². The zero-order chi connectivity index (χ0) is 10.7. The molecule has 0 radical (unpaired) electrons. The molecule has 0 aromatic carbocycles. The van der Waals surface area contributed by atoms with E-state index < -0.39 is 6.23 Å². The first kappa shape index (κ1) is 11.1. The third-order valence-electron chi connectivity index (χ3n) is 2.89. The Kier molecular flexibility index (Phi) is 3.53. The highest BCUT2D eigenvalue weighted by Crippen LogP contribution is 2.34. The molecule has 1 heterocycles. The lowest BCUT2D eigenvalue weighted by Gasteiger charge is -2.24. The van der Waals surface area contributed by atoms with Crippen molar-refractivity contribution in [2.75, 3.05) is 6.54 Å². The van der Waals surface area contributed by atoms with Crippen molar-refractivity contribution in [1.29, 1.82) is 0 Å². The Morgan fingerprint density at radius 1 is 1.57 bits per heavy atom. The summed E-state index contributed by atoms with van der Waals surface area (Å²) in [6, 6.07) is 0. The van der Waals surface area contributed by atoms with E-state index in [0.717, 1.165) is 12.2 Å². The summed E-state index contributed by atoms with van der Waals surface area (Å²) in [5, 5.41) is 9.60. The fourth-order valence-electron chi connectivity index (χ4n) is 1.99. The highest BCUT2D eigenvalue weighted by molar-refractivity contribution is 5.19. The molecule has 14 heavy (non-hydrogen) atoms. The van der Waals surface area contributed by atoms with Gasteiger partial charge in [0.05, 0.1) is 0 Å². The van der Waals surface area contributed by atoms with Gasteiger partial charge in [-0.05, 0) is 13.0 Å². The van der Waals surface area contributed by atoms with Crippen LogP contribution in [0.1, 0.15) is 13.8 Å². The largest absolute Gasteiger partial charge is 0.374 e. The summed E-state index contributed by atoms with van der Waals surface area (Å²) in [7, 11) is 0. The number of hydrogen-bond donors (Lipinski definition) is 1. The molecule has 1 N–H and O–H groups in total. The van der Waals surface area contributed by atoms with Crippen molar-refractivity contribution in [2.24, 2.45) is 11.8 Å². The quantitative estimate of drug-likeness (QED) is 0.694. The second-order valence-electron chi connectivity index (χ2n) is 3.80. The number of nitrogens with zero attached hydrogens (tertiary/aromatic N) is 1. The molecule has 0 spiro atoms. The predicted octanol–water partition coefficient (Wildman–Crippen LogP) is 2.15. The van der Waals surface area contributed by atoms with Gasteiger partial charge in [-0.25, -0.2) is 0 Å². The lowest BCUT2D eigenvalue weighted by atomic mass is 9.96. The molecule has 2 nitrogen and oxygen atoms in total. The van der Waals surface area contributed by atoms with Gasteiger partial charge in [-0.3, -0.25) is 0 Å². The number of aliphatic hydroxyl groups excluding tert-OH is 1. The number of aliphatic hydroxyl groups is 1. The van der Waals surface area contributed by atoms with Crippen LogP contribution in [0, 0.1) is 11.8 Å². The maximum absolute atomic E-state index is 9.60. The van der Waals surface area contributed by atoms with E-state index in [1.807, 2.05) is 17.1 Å². The highest BCUT2D eigenvalue weighted by Gasteiger charge is 2.33. The summed E-state index contributed by atoms with van der Waals surface area (Å²) < 4.78 is 0. The van der Waals surface area contributed by atoms with Crippen LogP contribution in [-0.4, -0.2) is 22.8 Å². The molecular formula is C12H19NO. The first-order valence-electron chi connectivity index (χ1n) is 5.01. The number of allylic oxidation sites excluding steroid dienone is 3. The van der Waals surface area contributed by atoms with Crippen molar-refractivity contribution in [1.82, 2.24) is 4.90 Å². The van der Waals surface area contributed by atoms with Gasteiger partial charge in [0.15, 0.2) is 0 Å². The molecule has 3 unspecified atom stereocenters. The highest BCUT2D eigenvalue weighted by atomic mass is 16.3. The second-order valence-corrected chi connectivity index (χ2v) is 3.80. The Hall–Kier alpha value is -1.02. The van der Waals surface area contributed by atoms with Crippen LogP contribution in [0.2, 0.25) is 0 Å². The average molecular weight is 193 g/mol. The van der Waals surface area contributed by atoms with E-state index in [1.165, 1.54) is 0 Å². The monoisotopic (exact) mass is 193 g/mol. The smallest absolute Gasteiger partial charge is 0.123 e. The topological polar surface area (TPSA) is 23.5 Å². The molecule has 78 valence electrons. The molecule has 0 bridgehead atoms. The molecule has 1 aliphatic heterocycles.